The number of hydrogen-bond acceptors (Lipinski definition) is 2. The van der Waals surface area contributed by atoms with Crippen molar-refractivity contribution in [1.82, 2.24) is 0 Å². The van der Waals surface area contributed by atoms with Gasteiger partial charge in [-0.25, -0.2) is 4.79 Å². The van der Waals surface area contributed by atoms with Gasteiger partial charge in [0.05, 0.1) is 0 Å². The average Bonchev–Trinajstić information content (AvgIpc) is 1.65. The minimum absolute atomic E-state index is 0.238. The van der Waals surface area contributed by atoms with E-state index >= 15 is 0 Å². The van der Waals surface area contributed by atoms with Crippen LogP contribution in [0.4, 0.5) is 0 Å². The molecule has 4 nitrogen and oxygen atoms in total. The van der Waals surface area contributed by atoms with E-state index in [9.17, 15) is 9.70 Å². The second-order valence-corrected chi connectivity index (χ2v) is 1.15. The van der Waals surface area contributed by atoms with Gasteiger partial charge in [0, 0.05) is 9.67 Å². The molecule has 0 aromatic rings. The highest BCUT2D eigenvalue weighted by molar-refractivity contribution is 5.67. The fourth-order valence-corrected chi connectivity index (χ4v) is 0.198. The van der Waals surface area contributed by atoms with Crippen LogP contribution in [-0.4, -0.2) is 22.4 Å². The SMILES string of the molecule is C=C[N+](=O)CC(=O)O. The summed E-state index contributed by atoms with van der Waals surface area (Å²) in [4.78, 5) is 19.7. The Morgan fingerprint density at radius 3 is 2.50 bits per heavy atom. The van der Waals surface area contributed by atoms with Gasteiger partial charge in [0.25, 0.3) is 6.54 Å². The minimum Gasteiger partial charge on any atom is -0.476 e. The maximum absolute atomic E-state index is 10.0. The highest BCUT2D eigenvalue weighted by Gasteiger charge is 2.07. The van der Waals surface area contributed by atoms with Crippen molar-refractivity contribution < 1.29 is 14.7 Å². The molecule has 0 aliphatic carbocycles. The Bertz CT molecular complexity index is 129. The molecule has 0 aliphatic heterocycles. The fourth-order valence-electron chi connectivity index (χ4n) is 0.198. The number of aliphatic carboxylic acids is 1. The molecule has 8 heavy (non-hydrogen) atoms. The van der Waals surface area contributed by atoms with Crippen LogP contribution in [0.5, 0.6) is 0 Å². The van der Waals surface area contributed by atoms with Crippen LogP contribution in [0.25, 0.3) is 0 Å². The van der Waals surface area contributed by atoms with Crippen LogP contribution in [0.3, 0.4) is 0 Å². The van der Waals surface area contributed by atoms with Gasteiger partial charge in [0.1, 0.15) is 0 Å². The predicted molar refractivity (Wildman–Crippen MR) is 26.3 cm³/mol. The summed E-state index contributed by atoms with van der Waals surface area (Å²) >= 11 is 0. The van der Waals surface area contributed by atoms with E-state index < -0.39 is 12.5 Å². The first kappa shape index (κ1) is 6.81. The lowest BCUT2D eigenvalue weighted by Crippen LogP contribution is -2.11. The summed E-state index contributed by atoms with van der Waals surface area (Å²) in [5.74, 6) is -1.15. The molecule has 44 valence electrons. The second kappa shape index (κ2) is 2.90. The van der Waals surface area contributed by atoms with E-state index in [0.29, 0.717) is 0 Å². The number of nitrogens with zero attached hydrogens (tertiary/aromatic N) is 1. The van der Waals surface area contributed by atoms with E-state index in [1.165, 1.54) is 0 Å². The summed E-state index contributed by atoms with van der Waals surface area (Å²) < 4.78 is 0.238. The van der Waals surface area contributed by atoms with Gasteiger partial charge in [-0.1, -0.05) is 0 Å². The normalized spacial score (nSPS) is 8.00. The number of rotatable bonds is 3. The zero-order valence-electron chi connectivity index (χ0n) is 4.20. The van der Waals surface area contributed by atoms with Crippen molar-refractivity contribution >= 4 is 5.97 Å². The van der Waals surface area contributed by atoms with Gasteiger partial charge in [-0.15, -0.1) is 0 Å². The molecule has 0 amide bonds. The van der Waals surface area contributed by atoms with Crippen LogP contribution in [0, 0.1) is 4.91 Å². The molecule has 0 rings (SSSR count). The molecule has 4 heteroatoms. The largest absolute Gasteiger partial charge is 0.476 e. The molecule has 0 aliphatic rings. The average molecular weight is 116 g/mol. The molecule has 0 bridgehead atoms. The standard InChI is InChI=1S/C4H5NO3/c1-2-5(8)3-4(6)7/h2H,1,3H2/p+1. The fraction of sp³-hybridized carbons (Fsp3) is 0.250. The molecular formula is C4H6NO3+. The molecule has 0 heterocycles. The highest BCUT2D eigenvalue weighted by atomic mass is 16.4. The third kappa shape index (κ3) is 3.02. The van der Waals surface area contributed by atoms with Crippen LogP contribution in [-0.2, 0) is 4.79 Å². The molecule has 0 aromatic carbocycles. The van der Waals surface area contributed by atoms with Crippen molar-refractivity contribution in [3.63, 3.8) is 0 Å². The third-order valence-electron chi connectivity index (χ3n) is 0.495. The molecule has 0 unspecified atom stereocenters. The van der Waals surface area contributed by atoms with Crippen molar-refractivity contribution in [2.45, 2.75) is 0 Å². The number of nitroso groups, excluding NO2 is 1. The summed E-state index contributed by atoms with van der Waals surface area (Å²) in [6, 6.07) is 0. The Labute approximate surface area is 46.0 Å². The molecule has 0 aromatic heterocycles. The molecule has 0 saturated heterocycles. The van der Waals surface area contributed by atoms with Crippen molar-refractivity contribution in [1.29, 1.82) is 0 Å². The summed E-state index contributed by atoms with van der Waals surface area (Å²) in [5.41, 5.74) is 0. The maximum atomic E-state index is 10.0. The first-order valence-electron chi connectivity index (χ1n) is 1.95. The van der Waals surface area contributed by atoms with Crippen LogP contribution in [0.1, 0.15) is 0 Å². The Balaban J connectivity index is 3.55. The van der Waals surface area contributed by atoms with E-state index in [2.05, 4.69) is 6.58 Å². The summed E-state index contributed by atoms with van der Waals surface area (Å²) in [5, 5.41) is 7.93. The van der Waals surface area contributed by atoms with E-state index in [4.69, 9.17) is 5.11 Å². The van der Waals surface area contributed by atoms with Gasteiger partial charge >= 0.3 is 5.97 Å². The molecule has 0 saturated carbocycles. The number of carboxylic acid groups (broad SMARTS) is 1. The smallest absolute Gasteiger partial charge is 0.375 e. The Morgan fingerprint density at radius 2 is 2.38 bits per heavy atom. The summed E-state index contributed by atoms with van der Waals surface area (Å²) in [6.07, 6.45) is 0.911. The molecule has 0 atom stereocenters. The van der Waals surface area contributed by atoms with Crippen LogP contribution >= 0.6 is 0 Å². The number of carboxylic acids is 1. The molecule has 0 radical (unpaired) electrons. The van der Waals surface area contributed by atoms with Crippen molar-refractivity contribution in [3.8, 4) is 0 Å². The van der Waals surface area contributed by atoms with Crippen molar-refractivity contribution in [3.05, 3.63) is 17.7 Å². The first-order valence-corrected chi connectivity index (χ1v) is 1.95. The van der Waals surface area contributed by atoms with E-state index in [1.54, 1.807) is 0 Å². The molecular weight excluding hydrogens is 110 g/mol. The zero-order chi connectivity index (χ0) is 6.57. The van der Waals surface area contributed by atoms with Gasteiger partial charge in [-0.2, -0.15) is 0 Å². The number of carbonyl (C=O) groups is 1. The van der Waals surface area contributed by atoms with Gasteiger partial charge in [0.2, 0.25) is 6.20 Å². The maximum Gasteiger partial charge on any atom is 0.375 e. The quantitative estimate of drug-likeness (QED) is 0.528. The second-order valence-electron chi connectivity index (χ2n) is 1.15. The lowest BCUT2D eigenvalue weighted by atomic mass is 10.6. The Morgan fingerprint density at radius 1 is 1.88 bits per heavy atom. The van der Waals surface area contributed by atoms with Crippen LogP contribution in [0.2, 0.25) is 0 Å². The lowest BCUT2D eigenvalue weighted by molar-refractivity contribution is -0.468. The van der Waals surface area contributed by atoms with E-state index in [1.807, 2.05) is 0 Å². The van der Waals surface area contributed by atoms with Crippen molar-refractivity contribution in [2.24, 2.45) is 0 Å². The highest BCUT2D eigenvalue weighted by Crippen LogP contribution is 1.71. The van der Waals surface area contributed by atoms with E-state index in [-0.39, 0.29) is 4.76 Å². The molecule has 0 fully saturated rings. The van der Waals surface area contributed by atoms with Gasteiger partial charge in [-0.05, 0) is 6.58 Å². The summed E-state index contributed by atoms with van der Waals surface area (Å²) in [6.45, 7) is 2.53. The van der Waals surface area contributed by atoms with E-state index in [0.717, 1.165) is 6.20 Å². The van der Waals surface area contributed by atoms with Gasteiger partial charge in [0.15, 0.2) is 0 Å². The van der Waals surface area contributed by atoms with Crippen molar-refractivity contribution in [2.75, 3.05) is 6.54 Å². The zero-order valence-corrected chi connectivity index (χ0v) is 4.20. The van der Waals surface area contributed by atoms with Gasteiger partial charge in [-0.3, -0.25) is 0 Å². The van der Waals surface area contributed by atoms with Crippen LogP contribution in [0.15, 0.2) is 12.8 Å². The van der Waals surface area contributed by atoms with Gasteiger partial charge < -0.3 is 5.11 Å². The minimum atomic E-state index is -1.15. The predicted octanol–water partition coefficient (Wildman–Crippen LogP) is -0.00660. The van der Waals surface area contributed by atoms with Crippen LogP contribution < -0.4 is 0 Å². The first-order chi connectivity index (χ1) is 3.66. The monoisotopic (exact) mass is 116 g/mol. The topological polar surface area (TPSA) is 57.4 Å². The molecule has 1 N–H and O–H groups in total. The number of hydrogen-bond donors (Lipinski definition) is 1. The summed E-state index contributed by atoms with van der Waals surface area (Å²) in [7, 11) is 0. The molecule has 0 spiro atoms. The Kier molecular flexibility index (Phi) is 2.47. The Hall–Kier alpha value is -1.19. The lowest BCUT2D eigenvalue weighted by Gasteiger charge is -1.76. The third-order valence-corrected chi connectivity index (χ3v) is 0.495.